The van der Waals surface area contributed by atoms with Crippen molar-refractivity contribution >= 4 is 45.0 Å². The lowest BCUT2D eigenvalue weighted by molar-refractivity contribution is -0.139. The Balaban J connectivity index is 1.69. The highest BCUT2D eigenvalue weighted by molar-refractivity contribution is 9.10. The third-order valence-corrected chi connectivity index (χ3v) is 7.69. The summed E-state index contributed by atoms with van der Waals surface area (Å²) in [5.74, 6) is 0.793. The van der Waals surface area contributed by atoms with E-state index >= 15 is 0 Å². The van der Waals surface area contributed by atoms with Crippen LogP contribution < -0.4 is 29.3 Å². The van der Waals surface area contributed by atoms with Crippen LogP contribution in [0.4, 0.5) is 5.69 Å². The SMILES string of the molecule is CCOC(=O)C1=C(C)N=c2s/c(=C\c3cc4c(cc3Br)OCO4)c(=O)n2[C@@H]1c1ccc(N(C)C)cc1. The first kappa shape index (κ1) is 24.3. The predicted molar refractivity (Wildman–Crippen MR) is 141 cm³/mol. The van der Waals surface area contributed by atoms with Crippen molar-refractivity contribution in [2.45, 2.75) is 19.9 Å². The summed E-state index contributed by atoms with van der Waals surface area (Å²) in [5, 5.41) is 0. The number of benzene rings is 2. The molecule has 0 amide bonds. The zero-order valence-electron chi connectivity index (χ0n) is 20.2. The summed E-state index contributed by atoms with van der Waals surface area (Å²) in [7, 11) is 3.92. The van der Waals surface area contributed by atoms with Gasteiger partial charge in [0.2, 0.25) is 6.79 Å². The van der Waals surface area contributed by atoms with E-state index in [0.29, 0.717) is 32.1 Å². The molecule has 36 heavy (non-hydrogen) atoms. The molecule has 1 aromatic heterocycles. The highest BCUT2D eigenvalue weighted by Crippen LogP contribution is 2.37. The Morgan fingerprint density at radius 1 is 1.25 bits per heavy atom. The molecule has 3 heterocycles. The summed E-state index contributed by atoms with van der Waals surface area (Å²) >= 11 is 4.84. The molecule has 2 aliphatic rings. The third kappa shape index (κ3) is 4.24. The fourth-order valence-corrected chi connectivity index (χ4v) is 5.72. The molecule has 5 rings (SSSR count). The largest absolute Gasteiger partial charge is 0.463 e. The molecule has 10 heteroatoms. The summed E-state index contributed by atoms with van der Waals surface area (Å²) in [5.41, 5.74) is 3.24. The molecular weight excluding hydrogens is 546 g/mol. The second-order valence-electron chi connectivity index (χ2n) is 8.52. The maximum atomic E-state index is 13.8. The first-order valence-electron chi connectivity index (χ1n) is 11.3. The number of rotatable bonds is 5. The van der Waals surface area contributed by atoms with Crippen molar-refractivity contribution in [2.24, 2.45) is 4.99 Å². The average molecular weight is 570 g/mol. The molecule has 0 fully saturated rings. The number of esters is 1. The number of carbonyl (C=O) groups is 1. The van der Waals surface area contributed by atoms with Gasteiger partial charge in [-0.3, -0.25) is 9.36 Å². The number of hydrogen-bond acceptors (Lipinski definition) is 8. The molecule has 0 bridgehead atoms. The Bertz CT molecular complexity index is 1570. The van der Waals surface area contributed by atoms with Crippen LogP contribution in [0.1, 0.15) is 31.0 Å². The van der Waals surface area contributed by atoms with Gasteiger partial charge in [0.15, 0.2) is 16.3 Å². The standard InChI is InChI=1S/C26H24BrN3O5S/c1-5-33-25(32)22-14(2)28-26-30(23(22)15-6-8-17(9-7-15)29(3)4)24(31)21(36-26)11-16-10-19-20(12-18(16)27)35-13-34-19/h6-12,23H,5,13H2,1-4H3/b21-11-/t23-/m1/s1. The quantitative estimate of drug-likeness (QED) is 0.438. The highest BCUT2D eigenvalue weighted by atomic mass is 79.9. The van der Waals surface area contributed by atoms with E-state index in [1.807, 2.05) is 55.4 Å². The second-order valence-corrected chi connectivity index (χ2v) is 10.4. The second kappa shape index (κ2) is 9.59. The van der Waals surface area contributed by atoms with E-state index in [0.717, 1.165) is 21.3 Å². The lowest BCUT2D eigenvalue weighted by Gasteiger charge is -2.25. The van der Waals surface area contributed by atoms with E-state index in [4.69, 9.17) is 14.2 Å². The molecule has 0 N–H and O–H groups in total. The van der Waals surface area contributed by atoms with Gasteiger partial charge < -0.3 is 19.1 Å². The first-order valence-corrected chi connectivity index (χ1v) is 13.0. The number of halogens is 1. The van der Waals surface area contributed by atoms with E-state index in [1.54, 1.807) is 24.5 Å². The summed E-state index contributed by atoms with van der Waals surface area (Å²) in [6.45, 7) is 3.92. The molecule has 0 spiro atoms. The molecule has 3 aromatic rings. The molecular formula is C26H24BrN3O5S. The van der Waals surface area contributed by atoms with E-state index in [-0.39, 0.29) is 19.0 Å². The van der Waals surface area contributed by atoms with Gasteiger partial charge in [-0.15, -0.1) is 0 Å². The Kier molecular flexibility index (Phi) is 6.48. The highest BCUT2D eigenvalue weighted by Gasteiger charge is 2.33. The van der Waals surface area contributed by atoms with Crippen LogP contribution in [0.5, 0.6) is 11.5 Å². The molecule has 0 radical (unpaired) electrons. The number of fused-ring (bicyclic) bond motifs is 2. The van der Waals surface area contributed by atoms with Crippen molar-refractivity contribution in [3.63, 3.8) is 0 Å². The molecule has 8 nitrogen and oxygen atoms in total. The van der Waals surface area contributed by atoms with Gasteiger partial charge >= 0.3 is 5.97 Å². The molecule has 2 aliphatic heterocycles. The summed E-state index contributed by atoms with van der Waals surface area (Å²) in [6, 6.07) is 10.8. The minimum Gasteiger partial charge on any atom is -0.463 e. The van der Waals surface area contributed by atoms with E-state index in [9.17, 15) is 9.59 Å². The minimum absolute atomic E-state index is 0.163. The zero-order valence-corrected chi connectivity index (χ0v) is 22.6. The van der Waals surface area contributed by atoms with Gasteiger partial charge in [-0.25, -0.2) is 9.79 Å². The maximum Gasteiger partial charge on any atom is 0.338 e. The van der Waals surface area contributed by atoms with Crippen molar-refractivity contribution in [3.05, 3.63) is 83.0 Å². The Morgan fingerprint density at radius 2 is 1.94 bits per heavy atom. The minimum atomic E-state index is -0.654. The number of allylic oxidation sites excluding steroid dienone is 1. The van der Waals surface area contributed by atoms with E-state index in [1.165, 1.54) is 11.3 Å². The van der Waals surface area contributed by atoms with Crippen LogP contribution in [0.15, 0.2) is 61.9 Å². The van der Waals surface area contributed by atoms with Crippen LogP contribution in [0, 0.1) is 0 Å². The number of carbonyl (C=O) groups excluding carboxylic acids is 1. The Morgan fingerprint density at radius 3 is 2.61 bits per heavy atom. The van der Waals surface area contributed by atoms with Crippen molar-refractivity contribution in [3.8, 4) is 11.5 Å². The molecule has 0 aliphatic carbocycles. The Hall–Kier alpha value is -3.37. The van der Waals surface area contributed by atoms with Crippen LogP contribution in [0.3, 0.4) is 0 Å². The molecule has 2 aromatic carbocycles. The molecule has 0 unspecified atom stereocenters. The van der Waals surface area contributed by atoms with Crippen LogP contribution in [0.2, 0.25) is 0 Å². The predicted octanol–water partition coefficient (Wildman–Crippen LogP) is 3.36. The number of ether oxygens (including phenoxy) is 3. The van der Waals surface area contributed by atoms with E-state index in [2.05, 4.69) is 20.9 Å². The Labute approximate surface area is 219 Å². The normalized spacial score (nSPS) is 16.6. The molecule has 1 atom stereocenters. The summed E-state index contributed by atoms with van der Waals surface area (Å²) in [6.07, 6.45) is 1.80. The van der Waals surface area contributed by atoms with Crippen LogP contribution >= 0.6 is 27.3 Å². The summed E-state index contributed by atoms with van der Waals surface area (Å²) < 4.78 is 19.1. The zero-order chi connectivity index (χ0) is 25.6. The smallest absolute Gasteiger partial charge is 0.338 e. The topological polar surface area (TPSA) is 82.4 Å². The van der Waals surface area contributed by atoms with Gasteiger partial charge in [0, 0.05) is 24.3 Å². The molecule has 0 saturated carbocycles. The fourth-order valence-electron chi connectivity index (χ4n) is 4.25. The lowest BCUT2D eigenvalue weighted by Crippen LogP contribution is -2.40. The van der Waals surface area contributed by atoms with Crippen LogP contribution in [-0.2, 0) is 9.53 Å². The number of thiazole rings is 1. The van der Waals surface area contributed by atoms with Crippen LogP contribution in [-0.4, -0.2) is 38.0 Å². The van der Waals surface area contributed by atoms with E-state index < -0.39 is 12.0 Å². The summed E-state index contributed by atoms with van der Waals surface area (Å²) in [4.78, 5) is 34.0. The molecule has 0 saturated heterocycles. The average Bonchev–Trinajstić information content (AvgIpc) is 3.42. The van der Waals surface area contributed by atoms with Crippen LogP contribution in [0.25, 0.3) is 6.08 Å². The van der Waals surface area contributed by atoms with Gasteiger partial charge in [0.05, 0.1) is 28.5 Å². The third-order valence-electron chi connectivity index (χ3n) is 6.02. The number of nitrogens with zero attached hydrogens (tertiary/aromatic N) is 3. The van der Waals surface area contributed by atoms with Gasteiger partial charge in [-0.2, -0.15) is 0 Å². The lowest BCUT2D eigenvalue weighted by atomic mass is 9.95. The first-order chi connectivity index (χ1) is 17.3. The fraction of sp³-hybridized carbons (Fsp3) is 0.269. The van der Waals surface area contributed by atoms with Crippen molar-refractivity contribution < 1.29 is 19.0 Å². The number of hydrogen-bond donors (Lipinski definition) is 0. The number of aromatic nitrogens is 1. The van der Waals surface area contributed by atoms with Gasteiger partial charge in [0.25, 0.3) is 5.56 Å². The van der Waals surface area contributed by atoms with Gasteiger partial charge in [0.1, 0.15) is 0 Å². The number of anilines is 1. The van der Waals surface area contributed by atoms with Crippen molar-refractivity contribution in [2.75, 3.05) is 32.4 Å². The van der Waals surface area contributed by atoms with Crippen molar-refractivity contribution in [1.82, 2.24) is 4.57 Å². The van der Waals surface area contributed by atoms with Gasteiger partial charge in [-0.1, -0.05) is 39.4 Å². The monoisotopic (exact) mass is 569 g/mol. The molecule has 186 valence electrons. The van der Waals surface area contributed by atoms with Crippen molar-refractivity contribution in [1.29, 1.82) is 0 Å². The van der Waals surface area contributed by atoms with Gasteiger partial charge in [-0.05, 0) is 55.3 Å². The maximum absolute atomic E-state index is 13.8.